The molecule has 0 unspecified atom stereocenters. The molecule has 0 spiro atoms. The van der Waals surface area contributed by atoms with Gasteiger partial charge in [-0.3, -0.25) is 19.1 Å². The second kappa shape index (κ2) is 15.6. The van der Waals surface area contributed by atoms with Gasteiger partial charge in [-0.1, -0.05) is 33.6 Å². The normalized spacial score (nSPS) is 30.6. The number of hydrogen-bond acceptors (Lipinski definition) is 12. The molecule has 2 aliphatic heterocycles. The van der Waals surface area contributed by atoms with Gasteiger partial charge in [0.05, 0.1) is 41.4 Å². The third kappa shape index (κ3) is 8.46. The first-order chi connectivity index (χ1) is 27.8. The number of nitriles is 1. The molecular weight excluding hydrogens is 793 g/mol. The smallest absolute Gasteiger partial charge is 0.408 e. The topological polar surface area (TPSA) is 219 Å². The van der Waals surface area contributed by atoms with Crippen LogP contribution in [0, 0.1) is 34.5 Å². The summed E-state index contributed by atoms with van der Waals surface area (Å²) < 4.78 is 73.3. The van der Waals surface area contributed by atoms with Crippen LogP contribution in [0.25, 0.3) is 11.0 Å². The van der Waals surface area contributed by atoms with Crippen molar-refractivity contribution in [2.24, 2.45) is 23.2 Å². The number of aryl methyl sites for hydroxylation is 1. The van der Waals surface area contributed by atoms with E-state index in [0.29, 0.717) is 41.7 Å². The van der Waals surface area contributed by atoms with Crippen LogP contribution in [0.4, 0.5) is 13.6 Å². The Labute approximate surface area is 341 Å². The van der Waals surface area contributed by atoms with Gasteiger partial charge in [0.25, 0.3) is 5.91 Å². The molecule has 0 radical (unpaired) electrons. The number of methoxy groups -OCH3 is 1. The van der Waals surface area contributed by atoms with Crippen LogP contribution >= 0.6 is 0 Å². The molecule has 59 heavy (non-hydrogen) atoms. The highest BCUT2D eigenvalue weighted by Gasteiger charge is 2.68. The summed E-state index contributed by atoms with van der Waals surface area (Å²) in [4.78, 5) is 67.3. The number of alkyl halides is 2. The number of ether oxygens (including phenoxy) is 3. The second-order valence-corrected chi connectivity index (χ2v) is 20.1. The SMILES string of the molecule is COc1ccc2nc3c(nc2c1)O[C@H]1CN(C(=O)[C@H](C(C)(C)C)NC(=O)O[C@@H]2C[C@H]2CCCCC3)[C@H](C(=O)N[C@]2(C(=O)NS(=O)(=O)C3(C)CC3)C[C@H]2C(F)F)[C@@H]1CC#N. The third-order valence-corrected chi connectivity index (χ3v) is 14.7. The Morgan fingerprint density at radius 1 is 1.12 bits per heavy atom. The molecule has 3 N–H and O–H groups in total. The molecule has 16 nitrogen and oxygen atoms in total. The fourth-order valence-corrected chi connectivity index (χ4v) is 9.58. The number of aromatic nitrogens is 2. The van der Waals surface area contributed by atoms with E-state index in [1.807, 2.05) is 4.72 Å². The highest BCUT2D eigenvalue weighted by molar-refractivity contribution is 7.91. The lowest BCUT2D eigenvalue weighted by Crippen LogP contribution is -2.61. The van der Waals surface area contributed by atoms with Crippen LogP contribution in [-0.2, 0) is 35.6 Å². The van der Waals surface area contributed by atoms with Gasteiger partial charge < -0.3 is 29.7 Å². The zero-order valence-electron chi connectivity index (χ0n) is 33.8. The van der Waals surface area contributed by atoms with Gasteiger partial charge >= 0.3 is 6.09 Å². The predicted octanol–water partition coefficient (Wildman–Crippen LogP) is 3.91. The van der Waals surface area contributed by atoms with Crippen molar-refractivity contribution >= 4 is 44.9 Å². The van der Waals surface area contributed by atoms with Gasteiger partial charge in [0.2, 0.25) is 34.1 Å². The molecule has 2 bridgehead atoms. The monoisotopic (exact) mass is 843 g/mol. The zero-order valence-corrected chi connectivity index (χ0v) is 34.6. The molecule has 3 saturated carbocycles. The highest BCUT2D eigenvalue weighted by atomic mass is 32.2. The lowest BCUT2D eigenvalue weighted by molar-refractivity contribution is -0.143. The molecule has 1 saturated heterocycles. The Morgan fingerprint density at radius 3 is 2.51 bits per heavy atom. The van der Waals surface area contributed by atoms with Crippen molar-refractivity contribution < 1.29 is 50.6 Å². The Balaban J connectivity index is 1.29. The van der Waals surface area contributed by atoms with Gasteiger partial charge in [0.1, 0.15) is 41.3 Å². The Kier molecular flexibility index (Phi) is 11.2. The van der Waals surface area contributed by atoms with Gasteiger partial charge in [-0.15, -0.1) is 0 Å². The Hall–Kier alpha value is -4.86. The van der Waals surface area contributed by atoms with Gasteiger partial charge in [-0.2, -0.15) is 5.26 Å². The summed E-state index contributed by atoms with van der Waals surface area (Å²) in [6.07, 6.45) is -1.38. The molecule has 3 heterocycles. The largest absolute Gasteiger partial charge is 0.497 e. The van der Waals surface area contributed by atoms with Crippen LogP contribution in [0.3, 0.4) is 0 Å². The number of carbonyl (C=O) groups excluding carboxylic acids is 4. The summed E-state index contributed by atoms with van der Waals surface area (Å²) in [6.45, 7) is 6.22. The summed E-state index contributed by atoms with van der Waals surface area (Å²) in [6, 6.07) is 4.36. The van der Waals surface area contributed by atoms with E-state index in [0.717, 1.165) is 24.2 Å². The zero-order chi connectivity index (χ0) is 42.7. The molecule has 2 aromatic rings. The standard InChI is InChI=1S/C40H51F2N7O9S/c1-38(2,3)31-35(51)49-20-29(23(13-16-43)30(49)33(50)47-40(19-24(40)32(41)42)36(52)48-59(54,55)39(4)14-15-39)57-34-26(44-25-12-11-22(56-5)18-27(25)45-34)10-8-6-7-9-21-17-28(21)58-37(53)46-31/h11-12,18,21,23-24,28-32H,6-10,13-15,17,19-20H2,1-5H3,(H,46,53)(H,47,50)(H,48,52)/t21-,23-,24+,28-,29+,30+,31-,40-/m1/s1. The summed E-state index contributed by atoms with van der Waals surface area (Å²) in [7, 11) is -2.78. The number of carbonyl (C=O) groups is 4. The van der Waals surface area contributed by atoms with Crippen LogP contribution in [0.2, 0.25) is 0 Å². The van der Waals surface area contributed by atoms with E-state index in [-0.39, 0.29) is 43.7 Å². The molecule has 5 aliphatic rings. The van der Waals surface area contributed by atoms with Crippen LogP contribution in [0.15, 0.2) is 18.2 Å². The minimum absolute atomic E-state index is 0.110. The third-order valence-electron chi connectivity index (χ3n) is 12.5. The second-order valence-electron chi connectivity index (χ2n) is 17.9. The number of amides is 4. The van der Waals surface area contributed by atoms with Gasteiger partial charge in [0, 0.05) is 18.4 Å². The quantitative estimate of drug-likeness (QED) is 0.345. The Morgan fingerprint density at radius 2 is 1.86 bits per heavy atom. The summed E-state index contributed by atoms with van der Waals surface area (Å²) in [5.41, 5.74) is -1.77. The lowest BCUT2D eigenvalue weighted by Gasteiger charge is -2.36. The molecule has 4 fully saturated rings. The summed E-state index contributed by atoms with van der Waals surface area (Å²) >= 11 is 0. The van der Waals surface area contributed by atoms with Crippen LogP contribution in [-0.4, -0.2) is 102 Å². The summed E-state index contributed by atoms with van der Waals surface area (Å²) in [5, 5.41) is 15.3. The maximum Gasteiger partial charge on any atom is 0.408 e. The molecule has 8 atom stereocenters. The highest BCUT2D eigenvalue weighted by Crippen LogP contribution is 2.50. The first-order valence-corrected chi connectivity index (χ1v) is 21.6. The number of sulfonamides is 1. The van der Waals surface area contributed by atoms with E-state index in [1.54, 1.807) is 39.0 Å². The molecule has 19 heteroatoms. The average Bonchev–Trinajstić information content (AvgIpc) is 4.12. The fraction of sp³-hybridized carbons (Fsp3) is 0.675. The van der Waals surface area contributed by atoms with Crippen molar-refractivity contribution in [2.75, 3.05) is 13.7 Å². The maximum absolute atomic E-state index is 14.8. The minimum atomic E-state index is -4.29. The minimum Gasteiger partial charge on any atom is -0.497 e. The van der Waals surface area contributed by atoms with Crippen LogP contribution in [0.1, 0.15) is 91.2 Å². The predicted molar refractivity (Wildman–Crippen MR) is 206 cm³/mol. The molecule has 1 aromatic heterocycles. The molecule has 7 rings (SSSR count). The number of alkyl carbamates (subject to hydrolysis) is 1. The van der Waals surface area contributed by atoms with E-state index in [2.05, 4.69) is 16.7 Å². The molecule has 1 aromatic carbocycles. The van der Waals surface area contributed by atoms with Crippen molar-refractivity contribution in [1.29, 1.82) is 5.26 Å². The molecule has 4 amide bonds. The van der Waals surface area contributed by atoms with E-state index in [4.69, 9.17) is 24.2 Å². The van der Waals surface area contributed by atoms with Gasteiger partial charge in [-0.05, 0) is 75.3 Å². The average molecular weight is 844 g/mol. The van der Waals surface area contributed by atoms with Gasteiger partial charge in [-0.25, -0.2) is 32.0 Å². The van der Waals surface area contributed by atoms with Crippen molar-refractivity contribution in [1.82, 2.24) is 30.2 Å². The van der Waals surface area contributed by atoms with E-state index in [9.17, 15) is 41.6 Å². The number of halogens is 2. The van der Waals surface area contributed by atoms with Gasteiger partial charge in [0.15, 0.2) is 0 Å². The van der Waals surface area contributed by atoms with Crippen molar-refractivity contribution in [3.05, 3.63) is 23.9 Å². The number of benzene rings is 1. The van der Waals surface area contributed by atoms with Crippen molar-refractivity contribution in [3.8, 4) is 17.7 Å². The van der Waals surface area contributed by atoms with Crippen LogP contribution < -0.4 is 24.8 Å². The van der Waals surface area contributed by atoms with E-state index < -0.39 is 92.4 Å². The molecular formula is C40H51F2N7O9S. The number of rotatable bonds is 8. The number of nitrogens with zero attached hydrogens (tertiary/aromatic N) is 4. The van der Waals surface area contributed by atoms with Crippen molar-refractivity contribution in [3.63, 3.8) is 0 Å². The first kappa shape index (κ1) is 42.3. The Bertz CT molecular complexity index is 2180. The van der Waals surface area contributed by atoms with E-state index >= 15 is 0 Å². The lowest BCUT2D eigenvalue weighted by atomic mass is 9.85. The summed E-state index contributed by atoms with van der Waals surface area (Å²) in [5.74, 6) is -5.21. The van der Waals surface area contributed by atoms with Crippen LogP contribution in [0.5, 0.6) is 11.6 Å². The fourth-order valence-electron chi connectivity index (χ4n) is 8.27. The first-order valence-electron chi connectivity index (χ1n) is 20.1. The molecule has 3 aliphatic carbocycles. The number of nitrogens with one attached hydrogen (secondary N) is 3. The maximum atomic E-state index is 14.8. The molecule has 320 valence electrons. The number of fused-ring (bicyclic) bond motifs is 5. The van der Waals surface area contributed by atoms with E-state index in [1.165, 1.54) is 14.0 Å². The van der Waals surface area contributed by atoms with Crippen molar-refractivity contribution in [2.45, 2.75) is 133 Å². The number of hydrogen-bond donors (Lipinski definition) is 3.